The first-order chi connectivity index (χ1) is 7.59. The summed E-state index contributed by atoms with van der Waals surface area (Å²) in [6.07, 6.45) is 4.94. The number of carbonyl (C=O) groups is 1. The lowest BCUT2D eigenvalue weighted by atomic mass is 9.74. The number of nitrogens with zero attached hydrogens (tertiary/aromatic N) is 2. The van der Waals surface area contributed by atoms with Crippen LogP contribution < -0.4 is 0 Å². The quantitative estimate of drug-likeness (QED) is 0.718. The predicted molar refractivity (Wildman–Crippen MR) is 63.2 cm³/mol. The van der Waals surface area contributed by atoms with E-state index in [9.17, 15) is 4.79 Å². The molecule has 3 nitrogen and oxygen atoms in total. The van der Waals surface area contributed by atoms with Crippen LogP contribution >= 0.6 is 0 Å². The van der Waals surface area contributed by atoms with Gasteiger partial charge in [0.05, 0.1) is 0 Å². The molecular weight excluding hydrogens is 200 g/mol. The van der Waals surface area contributed by atoms with Crippen LogP contribution in [-0.4, -0.2) is 15.6 Å². The average Bonchev–Trinajstić information content (AvgIpc) is 2.67. The third-order valence-electron chi connectivity index (χ3n) is 4.04. The summed E-state index contributed by atoms with van der Waals surface area (Å²) in [7, 11) is 1.84. The summed E-state index contributed by atoms with van der Waals surface area (Å²) in [4.78, 5) is 12.3. The molecule has 3 atom stereocenters. The highest BCUT2D eigenvalue weighted by Gasteiger charge is 2.30. The molecule has 0 spiro atoms. The largest absolute Gasteiger partial charge is 0.292 e. The minimum atomic E-state index is 0.210. The van der Waals surface area contributed by atoms with Crippen LogP contribution in [0.25, 0.3) is 0 Å². The van der Waals surface area contributed by atoms with Crippen molar-refractivity contribution in [1.82, 2.24) is 9.78 Å². The van der Waals surface area contributed by atoms with Gasteiger partial charge in [-0.1, -0.05) is 13.8 Å². The van der Waals surface area contributed by atoms with E-state index in [4.69, 9.17) is 0 Å². The zero-order valence-corrected chi connectivity index (χ0v) is 10.3. The summed E-state index contributed by atoms with van der Waals surface area (Å²) < 4.78 is 1.69. The van der Waals surface area contributed by atoms with Gasteiger partial charge >= 0.3 is 0 Å². The highest BCUT2D eigenvalue weighted by molar-refractivity contribution is 5.96. The maximum Gasteiger partial charge on any atom is 0.183 e. The monoisotopic (exact) mass is 220 g/mol. The molecule has 3 heteroatoms. The Morgan fingerprint density at radius 2 is 2.12 bits per heavy atom. The van der Waals surface area contributed by atoms with Gasteiger partial charge in [0.1, 0.15) is 5.69 Å². The zero-order chi connectivity index (χ0) is 11.7. The summed E-state index contributed by atoms with van der Waals surface area (Å²) >= 11 is 0. The lowest BCUT2D eigenvalue weighted by Crippen LogP contribution is -2.27. The third kappa shape index (κ3) is 2.04. The molecule has 1 aliphatic rings. The van der Waals surface area contributed by atoms with Crippen LogP contribution in [-0.2, 0) is 7.05 Å². The minimum Gasteiger partial charge on any atom is -0.292 e. The smallest absolute Gasteiger partial charge is 0.183 e. The third-order valence-corrected chi connectivity index (χ3v) is 4.04. The molecule has 0 aromatic carbocycles. The van der Waals surface area contributed by atoms with Crippen LogP contribution in [0.5, 0.6) is 0 Å². The maximum absolute atomic E-state index is 12.3. The van der Waals surface area contributed by atoms with Crippen LogP contribution in [0, 0.1) is 17.8 Å². The van der Waals surface area contributed by atoms with Crippen LogP contribution in [0.15, 0.2) is 12.3 Å². The highest BCUT2D eigenvalue weighted by atomic mass is 16.1. The van der Waals surface area contributed by atoms with Crippen molar-refractivity contribution in [2.24, 2.45) is 24.8 Å². The molecule has 0 saturated heterocycles. The number of ketones is 1. The predicted octanol–water partition coefficient (Wildman–Crippen LogP) is 2.68. The lowest BCUT2D eigenvalue weighted by Gasteiger charge is -2.31. The topological polar surface area (TPSA) is 34.9 Å². The fourth-order valence-electron chi connectivity index (χ4n) is 2.61. The van der Waals surface area contributed by atoms with E-state index in [0.717, 1.165) is 24.5 Å². The van der Waals surface area contributed by atoms with E-state index in [-0.39, 0.29) is 11.7 Å². The SMILES string of the molecule is CC1CCC(C(=O)c2ccnn2C)CC1C. The number of carbonyl (C=O) groups excluding carboxylic acids is 1. The van der Waals surface area contributed by atoms with Gasteiger partial charge in [-0.3, -0.25) is 9.48 Å². The van der Waals surface area contributed by atoms with Crippen LogP contribution in [0.3, 0.4) is 0 Å². The molecule has 1 fully saturated rings. The molecule has 1 aliphatic carbocycles. The molecule has 0 N–H and O–H groups in total. The van der Waals surface area contributed by atoms with Crippen molar-refractivity contribution in [3.05, 3.63) is 18.0 Å². The Labute approximate surface area is 96.8 Å². The number of hydrogen-bond donors (Lipinski definition) is 0. The Morgan fingerprint density at radius 3 is 2.69 bits per heavy atom. The number of hydrogen-bond acceptors (Lipinski definition) is 2. The molecule has 1 aromatic rings. The van der Waals surface area contributed by atoms with Gasteiger partial charge < -0.3 is 0 Å². The normalized spacial score (nSPS) is 30.3. The molecule has 0 aliphatic heterocycles. The Hall–Kier alpha value is -1.12. The fraction of sp³-hybridized carbons (Fsp3) is 0.692. The summed E-state index contributed by atoms with van der Waals surface area (Å²) in [6, 6.07) is 1.82. The van der Waals surface area contributed by atoms with Crippen molar-refractivity contribution in [2.45, 2.75) is 33.1 Å². The van der Waals surface area contributed by atoms with Crippen LogP contribution in [0.2, 0.25) is 0 Å². The van der Waals surface area contributed by atoms with E-state index in [1.807, 2.05) is 13.1 Å². The number of aryl methyl sites for hydroxylation is 1. The first-order valence-electron chi connectivity index (χ1n) is 6.11. The van der Waals surface area contributed by atoms with Gasteiger partial charge in [0.2, 0.25) is 0 Å². The van der Waals surface area contributed by atoms with Crippen molar-refractivity contribution in [2.75, 3.05) is 0 Å². The molecule has 0 radical (unpaired) electrons. The number of rotatable bonds is 2. The molecule has 1 heterocycles. The number of Topliss-reactive ketones (excluding diaryl/α,β-unsaturated/α-hetero) is 1. The standard InChI is InChI=1S/C13H20N2O/c1-9-4-5-11(8-10(9)2)13(16)12-6-7-14-15(12)3/h6-7,9-11H,4-5,8H2,1-3H3. The van der Waals surface area contributed by atoms with Crippen molar-refractivity contribution in [3.63, 3.8) is 0 Å². The maximum atomic E-state index is 12.3. The summed E-state index contributed by atoms with van der Waals surface area (Å²) in [5, 5.41) is 4.06. The molecule has 16 heavy (non-hydrogen) atoms. The summed E-state index contributed by atoms with van der Waals surface area (Å²) in [5.74, 6) is 1.91. The molecule has 0 amide bonds. The molecule has 88 valence electrons. The minimum absolute atomic E-state index is 0.210. The second kappa shape index (κ2) is 4.40. The molecular formula is C13H20N2O. The van der Waals surface area contributed by atoms with Gasteiger partial charge in [-0.15, -0.1) is 0 Å². The van der Waals surface area contributed by atoms with E-state index in [1.54, 1.807) is 10.9 Å². The Kier molecular flexibility index (Phi) is 3.13. The van der Waals surface area contributed by atoms with E-state index < -0.39 is 0 Å². The molecule has 3 unspecified atom stereocenters. The van der Waals surface area contributed by atoms with E-state index in [0.29, 0.717) is 5.92 Å². The Balaban J connectivity index is 2.09. The van der Waals surface area contributed by atoms with Gasteiger partial charge in [0.25, 0.3) is 0 Å². The molecule has 1 saturated carbocycles. The van der Waals surface area contributed by atoms with Crippen molar-refractivity contribution >= 4 is 5.78 Å². The molecule has 1 aromatic heterocycles. The second-order valence-electron chi connectivity index (χ2n) is 5.17. The average molecular weight is 220 g/mol. The lowest BCUT2D eigenvalue weighted by molar-refractivity contribution is 0.0827. The van der Waals surface area contributed by atoms with Crippen LogP contribution in [0.4, 0.5) is 0 Å². The second-order valence-corrected chi connectivity index (χ2v) is 5.17. The van der Waals surface area contributed by atoms with E-state index in [1.165, 1.54) is 6.42 Å². The summed E-state index contributed by atoms with van der Waals surface area (Å²) in [6.45, 7) is 4.54. The first kappa shape index (κ1) is 11.4. The van der Waals surface area contributed by atoms with Crippen LogP contribution in [0.1, 0.15) is 43.6 Å². The van der Waals surface area contributed by atoms with Gasteiger partial charge in [0, 0.05) is 19.2 Å². The van der Waals surface area contributed by atoms with Gasteiger partial charge in [0.15, 0.2) is 5.78 Å². The Bertz CT molecular complexity index is 383. The van der Waals surface area contributed by atoms with Crippen molar-refractivity contribution in [3.8, 4) is 0 Å². The van der Waals surface area contributed by atoms with Gasteiger partial charge in [-0.2, -0.15) is 5.10 Å². The van der Waals surface area contributed by atoms with Gasteiger partial charge in [-0.05, 0) is 37.2 Å². The van der Waals surface area contributed by atoms with E-state index >= 15 is 0 Å². The fourth-order valence-corrected chi connectivity index (χ4v) is 2.61. The Morgan fingerprint density at radius 1 is 1.38 bits per heavy atom. The molecule has 2 rings (SSSR count). The first-order valence-corrected chi connectivity index (χ1v) is 6.11. The zero-order valence-electron chi connectivity index (χ0n) is 10.3. The summed E-state index contributed by atoms with van der Waals surface area (Å²) in [5.41, 5.74) is 0.756. The molecule has 0 bridgehead atoms. The van der Waals surface area contributed by atoms with Crippen molar-refractivity contribution < 1.29 is 4.79 Å². The van der Waals surface area contributed by atoms with E-state index in [2.05, 4.69) is 18.9 Å². The van der Waals surface area contributed by atoms with Gasteiger partial charge in [-0.25, -0.2) is 0 Å². The highest BCUT2D eigenvalue weighted by Crippen LogP contribution is 2.34. The van der Waals surface area contributed by atoms with Crippen molar-refractivity contribution in [1.29, 1.82) is 0 Å². The number of aromatic nitrogens is 2.